The highest BCUT2D eigenvalue weighted by Gasteiger charge is 2.25. The molecule has 2 N–H and O–H groups in total. The number of halogens is 1. The Morgan fingerprint density at radius 1 is 1.19 bits per heavy atom. The molecule has 0 radical (unpaired) electrons. The molecule has 1 aromatic rings. The fraction of sp³-hybridized carbons (Fsp3) is 0.857. The Labute approximate surface area is 204 Å². The average Bonchev–Trinajstić information content (AvgIpc) is 3.30. The van der Waals surface area contributed by atoms with E-state index in [9.17, 15) is 0 Å². The molecule has 2 aliphatic rings. The summed E-state index contributed by atoms with van der Waals surface area (Å²) in [5, 5.41) is 15.5. The first kappa shape index (κ1) is 26.3. The van der Waals surface area contributed by atoms with Gasteiger partial charge in [-0.3, -0.25) is 9.80 Å². The van der Waals surface area contributed by atoms with Gasteiger partial charge in [0.1, 0.15) is 12.4 Å². The van der Waals surface area contributed by atoms with Crippen molar-refractivity contribution in [1.82, 2.24) is 35.2 Å². The zero-order valence-corrected chi connectivity index (χ0v) is 22.0. The molecule has 0 aromatic carbocycles. The molecule has 2 saturated heterocycles. The second-order valence-corrected chi connectivity index (χ2v) is 8.83. The van der Waals surface area contributed by atoms with E-state index in [1.165, 1.54) is 25.9 Å². The van der Waals surface area contributed by atoms with Gasteiger partial charge in [0.2, 0.25) is 0 Å². The van der Waals surface area contributed by atoms with Crippen LogP contribution in [-0.2, 0) is 18.3 Å². The van der Waals surface area contributed by atoms with Crippen molar-refractivity contribution < 1.29 is 4.74 Å². The molecule has 2 fully saturated rings. The summed E-state index contributed by atoms with van der Waals surface area (Å²) in [7, 11) is 1.99. The van der Waals surface area contributed by atoms with Crippen LogP contribution < -0.4 is 10.6 Å². The van der Waals surface area contributed by atoms with Crippen molar-refractivity contribution in [2.24, 2.45) is 18.0 Å². The first-order valence-corrected chi connectivity index (χ1v) is 11.4. The molecule has 9 nitrogen and oxygen atoms in total. The SMILES string of the molecule is Cc1nnc(CN=C(NCCN2CCOCC2)NC[C@H]2CCCN2CC(C)C)n1C.I. The number of hydrogen-bond acceptors (Lipinski definition) is 6. The van der Waals surface area contributed by atoms with Gasteiger partial charge in [-0.25, -0.2) is 4.99 Å². The molecule has 1 aromatic heterocycles. The lowest BCUT2D eigenvalue weighted by molar-refractivity contribution is 0.0389. The number of nitrogens with one attached hydrogen (secondary N) is 2. The minimum atomic E-state index is 0. The summed E-state index contributed by atoms with van der Waals surface area (Å²) >= 11 is 0. The van der Waals surface area contributed by atoms with Crippen LogP contribution in [0, 0.1) is 12.8 Å². The number of aryl methyl sites for hydroxylation is 1. The molecule has 3 heterocycles. The van der Waals surface area contributed by atoms with Crippen LogP contribution in [0.15, 0.2) is 4.99 Å². The first-order chi connectivity index (χ1) is 14.5. The van der Waals surface area contributed by atoms with Gasteiger partial charge >= 0.3 is 0 Å². The van der Waals surface area contributed by atoms with Crippen molar-refractivity contribution in [3.63, 3.8) is 0 Å². The number of nitrogens with zero attached hydrogens (tertiary/aromatic N) is 6. The van der Waals surface area contributed by atoms with Crippen LogP contribution in [-0.4, -0.2) is 95.6 Å². The van der Waals surface area contributed by atoms with Crippen molar-refractivity contribution in [2.45, 2.75) is 46.2 Å². The maximum absolute atomic E-state index is 5.44. The lowest BCUT2D eigenvalue weighted by Crippen LogP contribution is -2.48. The van der Waals surface area contributed by atoms with Gasteiger partial charge in [0.25, 0.3) is 0 Å². The lowest BCUT2D eigenvalue weighted by Gasteiger charge is -2.28. The maximum Gasteiger partial charge on any atom is 0.191 e. The molecule has 0 amide bonds. The van der Waals surface area contributed by atoms with Crippen molar-refractivity contribution in [3.05, 3.63) is 11.6 Å². The van der Waals surface area contributed by atoms with Gasteiger partial charge in [0.15, 0.2) is 11.8 Å². The van der Waals surface area contributed by atoms with E-state index in [2.05, 4.69) is 44.5 Å². The van der Waals surface area contributed by atoms with Gasteiger partial charge < -0.3 is 19.9 Å². The summed E-state index contributed by atoms with van der Waals surface area (Å²) in [4.78, 5) is 9.86. The van der Waals surface area contributed by atoms with E-state index in [1.54, 1.807) is 0 Å². The highest BCUT2D eigenvalue weighted by molar-refractivity contribution is 14.0. The molecule has 0 saturated carbocycles. The molecular weight excluding hydrogens is 507 g/mol. The zero-order valence-electron chi connectivity index (χ0n) is 19.6. The molecule has 0 unspecified atom stereocenters. The van der Waals surface area contributed by atoms with E-state index in [-0.39, 0.29) is 24.0 Å². The van der Waals surface area contributed by atoms with Gasteiger partial charge in [-0.15, -0.1) is 34.2 Å². The monoisotopic (exact) mass is 548 g/mol. The summed E-state index contributed by atoms with van der Waals surface area (Å²) in [5.41, 5.74) is 0. The Hall–Kier alpha value is -0.980. The van der Waals surface area contributed by atoms with Crippen molar-refractivity contribution in [2.75, 3.05) is 59.0 Å². The molecule has 178 valence electrons. The van der Waals surface area contributed by atoms with Gasteiger partial charge in [-0.2, -0.15) is 0 Å². The van der Waals surface area contributed by atoms with Crippen LogP contribution in [0.1, 0.15) is 38.3 Å². The predicted octanol–water partition coefficient (Wildman–Crippen LogP) is 1.23. The number of hydrogen-bond donors (Lipinski definition) is 2. The molecule has 31 heavy (non-hydrogen) atoms. The standard InChI is InChI=1S/C21H40N8O.HI/c1-17(2)16-29-8-5-6-19(29)14-23-21(22-7-9-28-10-12-30-13-11-28)24-15-20-26-25-18(3)27(20)4;/h17,19H,5-16H2,1-4H3,(H2,22,23,24);1H/t19-;/m1./s1. The second kappa shape index (κ2) is 13.5. The fourth-order valence-electron chi connectivity index (χ4n) is 4.12. The topological polar surface area (TPSA) is 82.8 Å². The van der Waals surface area contributed by atoms with E-state index in [0.717, 1.165) is 63.5 Å². The number of likely N-dealkylation sites (tertiary alicyclic amines) is 1. The fourth-order valence-corrected chi connectivity index (χ4v) is 4.12. The molecule has 1 atom stereocenters. The van der Waals surface area contributed by atoms with Gasteiger partial charge in [-0.05, 0) is 32.2 Å². The Morgan fingerprint density at radius 3 is 2.65 bits per heavy atom. The molecule has 0 bridgehead atoms. The van der Waals surface area contributed by atoms with Crippen LogP contribution in [0.5, 0.6) is 0 Å². The average molecular weight is 549 g/mol. The molecule has 2 aliphatic heterocycles. The number of ether oxygens (including phenoxy) is 1. The predicted molar refractivity (Wildman–Crippen MR) is 135 cm³/mol. The minimum absolute atomic E-state index is 0. The molecular formula is C21H41IN8O. The summed E-state index contributed by atoms with van der Waals surface area (Å²) in [6, 6.07) is 0.579. The largest absolute Gasteiger partial charge is 0.379 e. The van der Waals surface area contributed by atoms with E-state index < -0.39 is 0 Å². The Balaban J connectivity index is 0.00000341. The quantitative estimate of drug-likeness (QED) is 0.273. The second-order valence-electron chi connectivity index (χ2n) is 8.83. The van der Waals surface area contributed by atoms with E-state index in [1.807, 2.05) is 18.5 Å². The number of guanidine groups is 1. The van der Waals surface area contributed by atoms with Crippen molar-refractivity contribution in [1.29, 1.82) is 0 Å². The van der Waals surface area contributed by atoms with Crippen LogP contribution >= 0.6 is 24.0 Å². The Morgan fingerprint density at radius 2 is 1.97 bits per heavy atom. The number of aromatic nitrogens is 3. The first-order valence-electron chi connectivity index (χ1n) is 11.4. The van der Waals surface area contributed by atoms with Crippen LogP contribution in [0.2, 0.25) is 0 Å². The van der Waals surface area contributed by atoms with Crippen LogP contribution in [0.4, 0.5) is 0 Å². The van der Waals surface area contributed by atoms with E-state index in [4.69, 9.17) is 9.73 Å². The third kappa shape index (κ3) is 8.47. The van der Waals surface area contributed by atoms with Gasteiger partial charge in [0.05, 0.1) is 13.2 Å². The molecule has 3 rings (SSSR count). The Kier molecular flexibility index (Phi) is 11.5. The van der Waals surface area contributed by atoms with E-state index >= 15 is 0 Å². The minimum Gasteiger partial charge on any atom is -0.379 e. The smallest absolute Gasteiger partial charge is 0.191 e. The molecule has 0 aliphatic carbocycles. The van der Waals surface area contributed by atoms with Gasteiger partial charge in [-0.1, -0.05) is 13.8 Å². The summed E-state index contributed by atoms with van der Waals surface area (Å²) in [5.74, 6) is 3.35. The summed E-state index contributed by atoms with van der Waals surface area (Å²) < 4.78 is 7.44. The van der Waals surface area contributed by atoms with Crippen molar-refractivity contribution in [3.8, 4) is 0 Å². The number of morpholine rings is 1. The number of aliphatic imine (C=N–C) groups is 1. The third-order valence-electron chi connectivity index (χ3n) is 5.99. The molecule has 0 spiro atoms. The zero-order chi connectivity index (χ0) is 21.3. The normalized spacial score (nSPS) is 20.8. The molecule has 10 heteroatoms. The summed E-state index contributed by atoms with van der Waals surface area (Å²) in [6.45, 7) is 15.9. The van der Waals surface area contributed by atoms with Crippen LogP contribution in [0.3, 0.4) is 0 Å². The Bertz CT molecular complexity index is 674. The van der Waals surface area contributed by atoms with Crippen LogP contribution in [0.25, 0.3) is 0 Å². The lowest BCUT2D eigenvalue weighted by atomic mass is 10.1. The third-order valence-corrected chi connectivity index (χ3v) is 5.99. The number of rotatable bonds is 9. The van der Waals surface area contributed by atoms with Gasteiger partial charge in [0, 0.05) is 52.4 Å². The maximum atomic E-state index is 5.44. The highest BCUT2D eigenvalue weighted by Crippen LogP contribution is 2.17. The highest BCUT2D eigenvalue weighted by atomic mass is 127. The summed E-state index contributed by atoms with van der Waals surface area (Å²) in [6.07, 6.45) is 2.54. The van der Waals surface area contributed by atoms with Crippen molar-refractivity contribution >= 4 is 29.9 Å². The van der Waals surface area contributed by atoms with E-state index in [0.29, 0.717) is 18.5 Å².